The molecule has 0 radical (unpaired) electrons. The molecule has 2 aliphatic rings. The van der Waals surface area contributed by atoms with Crippen LogP contribution in [-0.4, -0.2) is 10.3 Å². The molecular weight excluding hydrogens is 595 g/mol. The number of fused-ring (bicyclic) bond motifs is 5. The van der Waals surface area contributed by atoms with E-state index < -0.39 is 5.41 Å². The van der Waals surface area contributed by atoms with Gasteiger partial charge >= 0.3 is 0 Å². The first kappa shape index (κ1) is 29.2. The first-order valence-corrected chi connectivity index (χ1v) is 17.2. The number of hydrogen-bond acceptors (Lipinski definition) is 2. The summed E-state index contributed by atoms with van der Waals surface area (Å²) in [6.07, 6.45) is 5.86. The molecule has 2 N–H and O–H groups in total. The summed E-state index contributed by atoms with van der Waals surface area (Å²) in [6, 6.07) is 54.4. The second kappa shape index (κ2) is 11.6. The van der Waals surface area contributed by atoms with E-state index in [1.165, 1.54) is 55.2 Å². The van der Waals surface area contributed by atoms with Crippen molar-refractivity contribution in [2.75, 3.05) is 5.73 Å². The predicted molar refractivity (Wildman–Crippen MR) is 205 cm³/mol. The lowest BCUT2D eigenvalue weighted by Gasteiger charge is -2.35. The second-order valence-electron chi connectivity index (χ2n) is 13.4. The van der Waals surface area contributed by atoms with Crippen LogP contribution in [0.25, 0.3) is 27.4 Å². The van der Waals surface area contributed by atoms with E-state index >= 15 is 0 Å². The average Bonchev–Trinajstić information content (AvgIpc) is 3.63. The van der Waals surface area contributed by atoms with E-state index in [2.05, 4.69) is 151 Å². The van der Waals surface area contributed by atoms with Gasteiger partial charge in [0, 0.05) is 27.6 Å². The highest BCUT2D eigenvalue weighted by Gasteiger charge is 2.47. The highest BCUT2D eigenvalue weighted by atomic mass is 15.1. The highest BCUT2D eigenvalue weighted by molar-refractivity contribution is 6.16. The molecular formula is C46H37N3. The fourth-order valence-corrected chi connectivity index (χ4v) is 8.38. The van der Waals surface area contributed by atoms with E-state index in [1.807, 2.05) is 24.3 Å². The third kappa shape index (κ3) is 4.53. The predicted octanol–water partition coefficient (Wildman–Crippen LogP) is 10.6. The number of aliphatic imine (C=N–C) groups is 1. The Bertz CT molecular complexity index is 2460. The Labute approximate surface area is 287 Å². The van der Waals surface area contributed by atoms with Crippen LogP contribution in [0.2, 0.25) is 0 Å². The number of nitrogens with zero attached hydrogens (tertiary/aromatic N) is 2. The normalized spacial score (nSPS) is 18.6. The molecule has 0 saturated heterocycles. The molecule has 7 aromatic rings. The van der Waals surface area contributed by atoms with Crippen LogP contribution in [0, 0.1) is 5.92 Å². The molecule has 2 atom stereocenters. The third-order valence-corrected chi connectivity index (χ3v) is 10.5. The smallest absolute Gasteiger partial charge is 0.115 e. The summed E-state index contributed by atoms with van der Waals surface area (Å²) in [5.74, 6) is 0.506. The zero-order chi connectivity index (χ0) is 33.0. The lowest BCUT2D eigenvalue weighted by molar-refractivity contribution is 0.718. The Morgan fingerprint density at radius 1 is 0.714 bits per heavy atom. The van der Waals surface area contributed by atoms with Crippen LogP contribution in [-0.2, 0) is 12.1 Å². The Morgan fingerprint density at radius 3 is 2.24 bits per heavy atom. The topological polar surface area (TPSA) is 43.3 Å². The SMILES string of the molecule is CC1C=CC2=C(C1)c1ccccc1C2(c1ccccc1)c1ccc2c(c1)c1ccccc1n2C/N=C(/c1ccccc1)c1ccccc1N. The lowest BCUT2D eigenvalue weighted by atomic mass is 9.66. The van der Waals surface area contributed by atoms with Crippen molar-refractivity contribution < 1.29 is 0 Å². The molecule has 1 heterocycles. The van der Waals surface area contributed by atoms with Gasteiger partial charge in [-0.3, -0.25) is 4.99 Å². The summed E-state index contributed by atoms with van der Waals surface area (Å²) in [4.78, 5) is 5.30. The van der Waals surface area contributed by atoms with Gasteiger partial charge in [-0.15, -0.1) is 0 Å². The number of nitrogens with two attached hydrogens (primary N) is 1. The van der Waals surface area contributed by atoms with Gasteiger partial charge in [-0.2, -0.15) is 0 Å². The van der Waals surface area contributed by atoms with E-state index in [4.69, 9.17) is 10.7 Å². The van der Waals surface area contributed by atoms with Crippen molar-refractivity contribution in [1.82, 2.24) is 4.57 Å². The highest BCUT2D eigenvalue weighted by Crippen LogP contribution is 2.57. The molecule has 49 heavy (non-hydrogen) atoms. The van der Waals surface area contributed by atoms with Crippen molar-refractivity contribution in [3.05, 3.63) is 203 Å². The van der Waals surface area contributed by atoms with Crippen LogP contribution in [0.3, 0.4) is 0 Å². The van der Waals surface area contributed by atoms with Crippen LogP contribution in [0.4, 0.5) is 5.69 Å². The van der Waals surface area contributed by atoms with E-state index in [0.717, 1.165) is 28.9 Å². The number of allylic oxidation sites excluding steroid dienone is 4. The second-order valence-corrected chi connectivity index (χ2v) is 13.4. The molecule has 3 nitrogen and oxygen atoms in total. The third-order valence-electron chi connectivity index (χ3n) is 10.5. The lowest BCUT2D eigenvalue weighted by Crippen LogP contribution is -2.29. The Kier molecular flexibility index (Phi) is 6.94. The number of rotatable bonds is 6. The van der Waals surface area contributed by atoms with Crippen LogP contribution in [0.5, 0.6) is 0 Å². The fourth-order valence-electron chi connectivity index (χ4n) is 8.38. The van der Waals surface area contributed by atoms with Gasteiger partial charge in [0.15, 0.2) is 0 Å². The van der Waals surface area contributed by atoms with Crippen molar-refractivity contribution in [2.24, 2.45) is 10.9 Å². The van der Waals surface area contributed by atoms with E-state index in [1.54, 1.807) is 0 Å². The number of benzene rings is 6. The van der Waals surface area contributed by atoms with Crippen LogP contribution in [0.15, 0.2) is 174 Å². The molecule has 6 aromatic carbocycles. The molecule has 2 aliphatic carbocycles. The summed E-state index contributed by atoms with van der Waals surface area (Å²) in [5.41, 5.74) is 20.2. The Hall–Kier alpha value is -5.93. The summed E-state index contributed by atoms with van der Waals surface area (Å²) in [5, 5.41) is 2.46. The van der Waals surface area contributed by atoms with Gasteiger partial charge in [0.05, 0.1) is 22.2 Å². The minimum atomic E-state index is -0.412. The summed E-state index contributed by atoms with van der Waals surface area (Å²) >= 11 is 0. The van der Waals surface area contributed by atoms with Crippen molar-refractivity contribution in [1.29, 1.82) is 0 Å². The molecule has 0 amide bonds. The zero-order valence-electron chi connectivity index (χ0n) is 27.6. The molecule has 0 saturated carbocycles. The van der Waals surface area contributed by atoms with Gasteiger partial charge in [-0.1, -0.05) is 146 Å². The largest absolute Gasteiger partial charge is 0.398 e. The fraction of sp³-hybridized carbons (Fsp3) is 0.109. The van der Waals surface area contributed by atoms with Gasteiger partial charge in [0.25, 0.3) is 0 Å². The van der Waals surface area contributed by atoms with Crippen LogP contribution < -0.4 is 5.73 Å². The summed E-state index contributed by atoms with van der Waals surface area (Å²) < 4.78 is 2.35. The van der Waals surface area contributed by atoms with Crippen molar-refractivity contribution in [3.8, 4) is 0 Å². The Morgan fingerprint density at radius 2 is 1.41 bits per heavy atom. The van der Waals surface area contributed by atoms with Gasteiger partial charge < -0.3 is 10.3 Å². The minimum Gasteiger partial charge on any atom is -0.398 e. The van der Waals surface area contributed by atoms with Gasteiger partial charge in [-0.05, 0) is 70.0 Å². The van der Waals surface area contributed by atoms with E-state index in [-0.39, 0.29) is 0 Å². The van der Waals surface area contributed by atoms with Gasteiger partial charge in [-0.25, -0.2) is 0 Å². The van der Waals surface area contributed by atoms with Gasteiger partial charge in [0.2, 0.25) is 0 Å². The quantitative estimate of drug-likeness (QED) is 0.144. The molecule has 3 heteroatoms. The van der Waals surface area contributed by atoms with Gasteiger partial charge in [0.1, 0.15) is 6.67 Å². The number of anilines is 1. The van der Waals surface area contributed by atoms with E-state index in [9.17, 15) is 0 Å². The number of para-hydroxylation sites is 2. The summed E-state index contributed by atoms with van der Waals surface area (Å²) in [7, 11) is 0. The average molecular weight is 632 g/mol. The van der Waals surface area contributed by atoms with Crippen LogP contribution in [0.1, 0.15) is 46.7 Å². The summed E-state index contributed by atoms with van der Waals surface area (Å²) in [6.45, 7) is 2.79. The number of nitrogen functional groups attached to an aromatic ring is 1. The first-order chi connectivity index (χ1) is 24.1. The molecule has 0 bridgehead atoms. The first-order valence-electron chi connectivity index (χ1n) is 17.2. The molecule has 0 fully saturated rings. The molecule has 9 rings (SSSR count). The molecule has 0 spiro atoms. The maximum absolute atomic E-state index is 6.52. The molecule has 236 valence electrons. The van der Waals surface area contributed by atoms with Crippen molar-refractivity contribution in [3.63, 3.8) is 0 Å². The van der Waals surface area contributed by atoms with Crippen molar-refractivity contribution in [2.45, 2.75) is 25.4 Å². The maximum atomic E-state index is 6.52. The molecule has 2 unspecified atom stereocenters. The zero-order valence-corrected chi connectivity index (χ0v) is 27.6. The maximum Gasteiger partial charge on any atom is 0.115 e. The van der Waals surface area contributed by atoms with Crippen LogP contribution >= 0.6 is 0 Å². The standard InChI is InChI=1S/C46H37N3/c1-31-24-26-41-38(28-31)35-18-8-11-21-40(35)46(41,33-16-6-3-7-17-33)34-25-27-44-39(29-34)36-19-10-13-23-43(36)49(44)30-48-45(32-14-4-2-5-15-32)37-20-9-12-22-42(37)47/h2-27,29,31H,28,30,47H2,1H3/b48-45-. The number of aromatic nitrogens is 1. The molecule has 0 aliphatic heterocycles. The minimum absolute atomic E-state index is 0.412. The Balaban J connectivity index is 1.27. The van der Waals surface area contributed by atoms with Crippen molar-refractivity contribution >= 4 is 38.8 Å². The number of hydrogen-bond donors (Lipinski definition) is 1. The van der Waals surface area contributed by atoms with E-state index in [0.29, 0.717) is 12.6 Å². The monoisotopic (exact) mass is 631 g/mol. The molecule has 1 aromatic heterocycles.